The minimum Gasteiger partial charge on any atom is -0.493 e. The largest absolute Gasteiger partial charge is 0.493 e. The van der Waals surface area contributed by atoms with Gasteiger partial charge in [0.05, 0.1) is 27.9 Å². The van der Waals surface area contributed by atoms with E-state index in [0.29, 0.717) is 17.2 Å². The normalized spacial score (nSPS) is 12.8. The molecule has 1 aliphatic rings. The SMILES string of the molecule is COc1cc(C(=O)NNC(=O)CNC(=O)C2CC2)cc(OC)c1OC. The topological polar surface area (TPSA) is 115 Å². The number of methoxy groups -OCH3 is 3. The second-order valence-corrected chi connectivity index (χ2v) is 5.41. The second-order valence-electron chi connectivity index (χ2n) is 5.41. The van der Waals surface area contributed by atoms with E-state index >= 15 is 0 Å². The van der Waals surface area contributed by atoms with Gasteiger partial charge in [0.1, 0.15) is 0 Å². The Balaban J connectivity index is 1.93. The van der Waals surface area contributed by atoms with Crippen molar-refractivity contribution in [2.45, 2.75) is 12.8 Å². The maximum Gasteiger partial charge on any atom is 0.269 e. The molecule has 0 atom stereocenters. The maximum atomic E-state index is 12.2. The Labute approximate surface area is 145 Å². The van der Waals surface area contributed by atoms with E-state index in [1.807, 2.05) is 0 Å². The number of hydrazine groups is 1. The Hall–Kier alpha value is -2.97. The summed E-state index contributed by atoms with van der Waals surface area (Å²) in [5.74, 6) is -0.248. The van der Waals surface area contributed by atoms with Crippen LogP contribution in [0.15, 0.2) is 12.1 Å². The predicted octanol–water partition coefficient (Wildman–Crippen LogP) is -0.000400. The average Bonchev–Trinajstić information content (AvgIpc) is 3.47. The fraction of sp³-hybridized carbons (Fsp3) is 0.438. The van der Waals surface area contributed by atoms with Crippen LogP contribution in [0, 0.1) is 5.92 Å². The van der Waals surface area contributed by atoms with Gasteiger partial charge in [-0.25, -0.2) is 0 Å². The summed E-state index contributed by atoms with van der Waals surface area (Å²) in [6.45, 7) is -0.204. The van der Waals surface area contributed by atoms with Crippen LogP contribution in [0.1, 0.15) is 23.2 Å². The van der Waals surface area contributed by atoms with Crippen LogP contribution in [-0.2, 0) is 9.59 Å². The van der Waals surface area contributed by atoms with E-state index in [1.54, 1.807) is 0 Å². The van der Waals surface area contributed by atoms with E-state index in [1.165, 1.54) is 33.5 Å². The van der Waals surface area contributed by atoms with Gasteiger partial charge >= 0.3 is 0 Å². The van der Waals surface area contributed by atoms with Gasteiger partial charge in [-0.1, -0.05) is 0 Å². The first-order valence-corrected chi connectivity index (χ1v) is 7.67. The summed E-state index contributed by atoms with van der Waals surface area (Å²) >= 11 is 0. The molecule has 0 saturated heterocycles. The number of ether oxygens (including phenoxy) is 3. The van der Waals surface area contributed by atoms with E-state index in [9.17, 15) is 14.4 Å². The van der Waals surface area contributed by atoms with Gasteiger partial charge in [0.15, 0.2) is 11.5 Å². The van der Waals surface area contributed by atoms with Crippen LogP contribution in [0.4, 0.5) is 0 Å². The summed E-state index contributed by atoms with van der Waals surface area (Å²) < 4.78 is 15.5. The summed E-state index contributed by atoms with van der Waals surface area (Å²) in [5.41, 5.74) is 4.70. The third-order valence-electron chi connectivity index (χ3n) is 3.61. The molecular formula is C16H21N3O6. The first kappa shape index (κ1) is 18.4. The van der Waals surface area contributed by atoms with Crippen molar-refractivity contribution in [3.8, 4) is 17.2 Å². The molecule has 0 unspecified atom stereocenters. The summed E-state index contributed by atoms with van der Waals surface area (Å²) in [5, 5.41) is 2.50. The number of benzene rings is 1. The lowest BCUT2D eigenvalue weighted by Crippen LogP contribution is -2.46. The van der Waals surface area contributed by atoms with Crippen LogP contribution in [0.5, 0.6) is 17.2 Å². The van der Waals surface area contributed by atoms with Crippen molar-refractivity contribution < 1.29 is 28.6 Å². The highest BCUT2D eigenvalue weighted by Gasteiger charge is 2.29. The number of nitrogens with one attached hydrogen (secondary N) is 3. The van der Waals surface area contributed by atoms with Crippen molar-refractivity contribution >= 4 is 17.7 Å². The van der Waals surface area contributed by atoms with Crippen molar-refractivity contribution in [1.29, 1.82) is 0 Å². The minimum atomic E-state index is -0.568. The molecule has 0 bridgehead atoms. The molecule has 3 amide bonds. The Morgan fingerprint density at radius 3 is 2.08 bits per heavy atom. The molecule has 9 nitrogen and oxygen atoms in total. The lowest BCUT2D eigenvalue weighted by atomic mass is 10.1. The zero-order chi connectivity index (χ0) is 18.4. The van der Waals surface area contributed by atoms with Gasteiger partial charge in [0.25, 0.3) is 11.8 Å². The highest BCUT2D eigenvalue weighted by Crippen LogP contribution is 2.38. The zero-order valence-corrected chi connectivity index (χ0v) is 14.3. The highest BCUT2D eigenvalue weighted by molar-refractivity contribution is 5.97. The van der Waals surface area contributed by atoms with Gasteiger partial charge in [-0.3, -0.25) is 25.2 Å². The van der Waals surface area contributed by atoms with Crippen molar-refractivity contribution in [3.63, 3.8) is 0 Å². The molecule has 25 heavy (non-hydrogen) atoms. The van der Waals surface area contributed by atoms with Crippen molar-refractivity contribution in [2.75, 3.05) is 27.9 Å². The molecule has 0 aromatic heterocycles. The Kier molecular flexibility index (Phi) is 6.04. The fourth-order valence-corrected chi connectivity index (χ4v) is 2.11. The van der Waals surface area contributed by atoms with Gasteiger partial charge in [-0.15, -0.1) is 0 Å². The summed E-state index contributed by atoms with van der Waals surface area (Å²) in [6, 6.07) is 2.91. The molecule has 1 aliphatic carbocycles. The molecule has 3 N–H and O–H groups in total. The van der Waals surface area contributed by atoms with E-state index in [4.69, 9.17) is 14.2 Å². The van der Waals surface area contributed by atoms with Crippen LogP contribution in [-0.4, -0.2) is 45.6 Å². The van der Waals surface area contributed by atoms with Crippen LogP contribution in [0.2, 0.25) is 0 Å². The third-order valence-corrected chi connectivity index (χ3v) is 3.61. The fourth-order valence-electron chi connectivity index (χ4n) is 2.11. The maximum absolute atomic E-state index is 12.2. The monoisotopic (exact) mass is 351 g/mol. The summed E-state index contributed by atoms with van der Waals surface area (Å²) in [7, 11) is 4.32. The molecule has 0 aliphatic heterocycles. The van der Waals surface area contributed by atoms with Crippen LogP contribution in [0.25, 0.3) is 0 Å². The molecule has 0 heterocycles. The lowest BCUT2D eigenvalue weighted by molar-refractivity contribution is -0.127. The van der Waals surface area contributed by atoms with E-state index in [0.717, 1.165) is 12.8 Å². The standard InChI is InChI=1S/C16H21N3O6/c1-23-11-6-10(7-12(24-2)14(11)25-3)16(22)19-18-13(20)8-17-15(21)9-4-5-9/h6-7,9H,4-5,8H2,1-3H3,(H,17,21)(H,18,20)(H,19,22). The van der Waals surface area contributed by atoms with Crippen molar-refractivity contribution in [3.05, 3.63) is 17.7 Å². The molecule has 1 saturated carbocycles. The third kappa shape index (κ3) is 4.75. The number of carbonyl (C=O) groups is 3. The summed E-state index contributed by atoms with van der Waals surface area (Å²) in [4.78, 5) is 35.3. The molecule has 2 rings (SSSR count). The number of amides is 3. The first-order chi connectivity index (χ1) is 12.0. The lowest BCUT2D eigenvalue weighted by Gasteiger charge is -2.14. The van der Waals surface area contributed by atoms with Gasteiger partial charge in [-0.05, 0) is 25.0 Å². The van der Waals surface area contributed by atoms with Crippen LogP contribution >= 0.6 is 0 Å². The molecule has 9 heteroatoms. The highest BCUT2D eigenvalue weighted by atomic mass is 16.5. The average molecular weight is 351 g/mol. The molecule has 1 aromatic rings. The number of hydrogen-bond donors (Lipinski definition) is 3. The van der Waals surface area contributed by atoms with Gasteiger partial charge in [0.2, 0.25) is 11.7 Å². The molecule has 0 spiro atoms. The Morgan fingerprint density at radius 2 is 1.60 bits per heavy atom. The van der Waals surface area contributed by atoms with Crippen molar-refractivity contribution in [2.24, 2.45) is 5.92 Å². The van der Waals surface area contributed by atoms with Gasteiger partial charge in [0, 0.05) is 11.5 Å². The number of hydrogen-bond acceptors (Lipinski definition) is 6. The van der Waals surface area contributed by atoms with E-state index in [2.05, 4.69) is 16.2 Å². The van der Waals surface area contributed by atoms with Crippen LogP contribution < -0.4 is 30.4 Å². The molecule has 1 aromatic carbocycles. The smallest absolute Gasteiger partial charge is 0.269 e. The van der Waals surface area contributed by atoms with Gasteiger partial charge in [-0.2, -0.15) is 0 Å². The van der Waals surface area contributed by atoms with Crippen LogP contribution in [0.3, 0.4) is 0 Å². The first-order valence-electron chi connectivity index (χ1n) is 7.67. The molecule has 136 valence electrons. The Bertz CT molecular complexity index is 647. The summed E-state index contributed by atoms with van der Waals surface area (Å²) in [6.07, 6.45) is 1.71. The van der Waals surface area contributed by atoms with E-state index < -0.39 is 11.8 Å². The Morgan fingerprint density at radius 1 is 1.00 bits per heavy atom. The minimum absolute atomic E-state index is 0.0154. The van der Waals surface area contributed by atoms with Crippen molar-refractivity contribution in [1.82, 2.24) is 16.2 Å². The number of carbonyl (C=O) groups excluding carboxylic acids is 3. The predicted molar refractivity (Wildman–Crippen MR) is 87.4 cm³/mol. The molecule has 1 fully saturated rings. The molecular weight excluding hydrogens is 330 g/mol. The molecule has 0 radical (unpaired) electrons. The quantitative estimate of drug-likeness (QED) is 0.596. The van der Waals surface area contributed by atoms with Gasteiger partial charge < -0.3 is 19.5 Å². The van der Waals surface area contributed by atoms with E-state index in [-0.39, 0.29) is 23.9 Å². The second kappa shape index (κ2) is 8.22. The zero-order valence-electron chi connectivity index (χ0n) is 14.3. The number of rotatable bonds is 7.